The van der Waals surface area contributed by atoms with E-state index in [1.165, 1.54) is 6.26 Å². The Morgan fingerprint density at radius 1 is 1.43 bits per heavy atom. The highest BCUT2D eigenvalue weighted by atomic mass is 79.9. The number of piperidine rings is 1. The number of nitrogens with one attached hydrogen (secondary N) is 1. The first kappa shape index (κ1) is 14.1. The third kappa shape index (κ3) is 3.24. The molecule has 2 aromatic rings. The topological polar surface area (TPSA) is 71.3 Å². The van der Waals surface area contributed by atoms with Crippen molar-refractivity contribution in [2.24, 2.45) is 0 Å². The number of amides is 1. The number of hydrogen-bond acceptors (Lipinski definition) is 5. The minimum Gasteiger partial charge on any atom is -0.457 e. The van der Waals surface area contributed by atoms with E-state index >= 15 is 0 Å². The summed E-state index contributed by atoms with van der Waals surface area (Å²) in [7, 11) is 0. The van der Waals surface area contributed by atoms with Gasteiger partial charge >= 0.3 is 0 Å². The van der Waals surface area contributed by atoms with Crippen molar-refractivity contribution in [3.63, 3.8) is 0 Å². The van der Waals surface area contributed by atoms with Crippen LogP contribution in [0.25, 0.3) is 0 Å². The summed E-state index contributed by atoms with van der Waals surface area (Å²) < 4.78 is 5.55. The normalized spacial score (nSPS) is 18.5. The van der Waals surface area contributed by atoms with Gasteiger partial charge in [-0.1, -0.05) is 0 Å². The number of hydrogen-bond donors (Lipinski definition) is 1. The summed E-state index contributed by atoms with van der Waals surface area (Å²) >= 11 is 3.22. The maximum Gasteiger partial charge on any atom is 0.256 e. The molecule has 1 atom stereocenters. The van der Waals surface area contributed by atoms with E-state index in [9.17, 15) is 4.79 Å². The van der Waals surface area contributed by atoms with Crippen molar-refractivity contribution in [3.05, 3.63) is 41.0 Å². The maximum absolute atomic E-state index is 12.2. The lowest BCUT2D eigenvalue weighted by molar-refractivity contribution is 0.0931. The Balaban J connectivity index is 1.64. The zero-order chi connectivity index (χ0) is 14.7. The SMILES string of the molecule is O=C(NC1CCCN(c2ncccn2)C1)c1ccoc1Br. The van der Waals surface area contributed by atoms with Crippen molar-refractivity contribution in [1.82, 2.24) is 15.3 Å². The second-order valence-electron chi connectivity index (χ2n) is 4.92. The van der Waals surface area contributed by atoms with E-state index in [1.54, 1.807) is 24.5 Å². The van der Waals surface area contributed by atoms with Crippen LogP contribution in [0.5, 0.6) is 0 Å². The Bertz CT molecular complexity index is 616. The first-order valence-electron chi connectivity index (χ1n) is 6.80. The zero-order valence-corrected chi connectivity index (χ0v) is 12.9. The summed E-state index contributed by atoms with van der Waals surface area (Å²) in [5.74, 6) is 0.581. The molecule has 2 aromatic heterocycles. The van der Waals surface area contributed by atoms with Crippen LogP contribution in [-0.2, 0) is 0 Å². The number of carbonyl (C=O) groups is 1. The number of anilines is 1. The van der Waals surface area contributed by atoms with Crippen LogP contribution in [0.2, 0.25) is 0 Å². The summed E-state index contributed by atoms with van der Waals surface area (Å²) in [5.41, 5.74) is 0.517. The van der Waals surface area contributed by atoms with E-state index in [2.05, 4.69) is 36.1 Å². The standard InChI is InChI=1S/C14H15BrN4O2/c15-12-11(4-8-21-12)13(20)18-10-3-1-7-19(9-10)14-16-5-2-6-17-14/h2,4-6,8,10H,1,3,7,9H2,(H,18,20). The van der Waals surface area contributed by atoms with Crippen molar-refractivity contribution < 1.29 is 9.21 Å². The third-order valence-electron chi connectivity index (χ3n) is 3.45. The second kappa shape index (κ2) is 6.26. The summed E-state index contributed by atoms with van der Waals surface area (Å²) in [6, 6.07) is 3.53. The number of halogens is 1. The Morgan fingerprint density at radius 3 is 2.95 bits per heavy atom. The molecule has 21 heavy (non-hydrogen) atoms. The Kier molecular flexibility index (Phi) is 4.19. The van der Waals surface area contributed by atoms with Crippen LogP contribution in [-0.4, -0.2) is 35.0 Å². The average molecular weight is 351 g/mol. The molecule has 1 amide bonds. The molecular formula is C14H15BrN4O2. The van der Waals surface area contributed by atoms with Gasteiger partial charge in [0.05, 0.1) is 11.8 Å². The lowest BCUT2D eigenvalue weighted by atomic mass is 10.1. The number of rotatable bonds is 3. The molecule has 0 spiro atoms. The van der Waals surface area contributed by atoms with Gasteiger partial charge in [-0.15, -0.1) is 0 Å². The van der Waals surface area contributed by atoms with E-state index in [0.29, 0.717) is 22.7 Å². The third-order valence-corrected chi connectivity index (χ3v) is 4.07. The Morgan fingerprint density at radius 2 is 2.24 bits per heavy atom. The Hall–Kier alpha value is -1.89. The fourth-order valence-corrected chi connectivity index (χ4v) is 2.87. The molecule has 1 aliphatic heterocycles. The highest BCUT2D eigenvalue weighted by Gasteiger charge is 2.24. The van der Waals surface area contributed by atoms with Crippen LogP contribution in [0.4, 0.5) is 5.95 Å². The van der Waals surface area contributed by atoms with Gasteiger partial charge in [0.15, 0.2) is 4.67 Å². The van der Waals surface area contributed by atoms with E-state index in [1.807, 2.05) is 0 Å². The number of aromatic nitrogens is 2. The van der Waals surface area contributed by atoms with E-state index in [-0.39, 0.29) is 11.9 Å². The molecule has 1 saturated heterocycles. The molecule has 0 radical (unpaired) electrons. The zero-order valence-electron chi connectivity index (χ0n) is 11.3. The van der Waals surface area contributed by atoms with Crippen molar-refractivity contribution in [3.8, 4) is 0 Å². The van der Waals surface area contributed by atoms with Gasteiger partial charge in [-0.2, -0.15) is 0 Å². The van der Waals surface area contributed by atoms with Crippen LogP contribution in [0.1, 0.15) is 23.2 Å². The number of nitrogens with zero attached hydrogens (tertiary/aromatic N) is 3. The molecule has 0 aromatic carbocycles. The molecule has 3 rings (SSSR count). The summed E-state index contributed by atoms with van der Waals surface area (Å²) in [6.45, 7) is 1.62. The second-order valence-corrected chi connectivity index (χ2v) is 5.64. The fraction of sp³-hybridized carbons (Fsp3) is 0.357. The van der Waals surface area contributed by atoms with E-state index < -0.39 is 0 Å². The summed E-state index contributed by atoms with van der Waals surface area (Å²) in [6.07, 6.45) is 6.89. The maximum atomic E-state index is 12.2. The van der Waals surface area contributed by atoms with Crippen molar-refractivity contribution in [2.45, 2.75) is 18.9 Å². The molecule has 110 valence electrons. The minimum absolute atomic E-state index is 0.0804. The average Bonchev–Trinajstić information content (AvgIpc) is 2.95. The largest absolute Gasteiger partial charge is 0.457 e. The first-order valence-corrected chi connectivity index (χ1v) is 7.59. The molecule has 1 unspecified atom stereocenters. The van der Waals surface area contributed by atoms with Gasteiger partial charge in [0.2, 0.25) is 5.95 Å². The van der Waals surface area contributed by atoms with Crippen LogP contribution < -0.4 is 10.2 Å². The lowest BCUT2D eigenvalue weighted by Crippen LogP contribution is -2.48. The van der Waals surface area contributed by atoms with Crippen LogP contribution in [0.3, 0.4) is 0 Å². The molecule has 1 fully saturated rings. The van der Waals surface area contributed by atoms with Gasteiger partial charge in [0, 0.05) is 31.5 Å². The molecule has 7 heteroatoms. The van der Waals surface area contributed by atoms with Gasteiger partial charge in [0.1, 0.15) is 0 Å². The minimum atomic E-state index is -0.128. The van der Waals surface area contributed by atoms with Crippen molar-refractivity contribution >= 4 is 27.8 Å². The van der Waals surface area contributed by atoms with Crippen molar-refractivity contribution in [1.29, 1.82) is 0 Å². The Labute approximate surface area is 130 Å². The van der Waals surface area contributed by atoms with Gasteiger partial charge in [-0.05, 0) is 40.9 Å². The molecule has 1 N–H and O–H groups in total. The molecule has 0 bridgehead atoms. The van der Waals surface area contributed by atoms with E-state index in [0.717, 1.165) is 19.4 Å². The predicted octanol–water partition coefficient (Wildman–Crippen LogP) is 2.23. The number of carbonyl (C=O) groups excluding carboxylic acids is 1. The lowest BCUT2D eigenvalue weighted by Gasteiger charge is -2.33. The van der Waals surface area contributed by atoms with Crippen LogP contribution in [0.15, 0.2) is 39.9 Å². The monoisotopic (exact) mass is 350 g/mol. The fourth-order valence-electron chi connectivity index (χ4n) is 2.45. The van der Waals surface area contributed by atoms with Crippen molar-refractivity contribution in [2.75, 3.05) is 18.0 Å². The smallest absolute Gasteiger partial charge is 0.256 e. The summed E-state index contributed by atoms with van der Waals surface area (Å²) in [4.78, 5) is 22.8. The molecule has 6 nitrogen and oxygen atoms in total. The van der Waals surface area contributed by atoms with E-state index in [4.69, 9.17) is 4.42 Å². The first-order chi connectivity index (χ1) is 10.2. The van der Waals surface area contributed by atoms with Crippen LogP contribution >= 0.6 is 15.9 Å². The highest BCUT2D eigenvalue weighted by molar-refractivity contribution is 9.10. The number of furan rings is 1. The molecule has 3 heterocycles. The molecule has 0 aliphatic carbocycles. The van der Waals surface area contributed by atoms with Gasteiger partial charge in [0.25, 0.3) is 5.91 Å². The quantitative estimate of drug-likeness (QED) is 0.918. The van der Waals surface area contributed by atoms with Gasteiger partial charge in [-0.25, -0.2) is 9.97 Å². The van der Waals surface area contributed by atoms with Crippen LogP contribution in [0, 0.1) is 0 Å². The molecule has 1 aliphatic rings. The highest BCUT2D eigenvalue weighted by Crippen LogP contribution is 2.19. The van der Waals surface area contributed by atoms with Gasteiger partial charge in [-0.3, -0.25) is 4.79 Å². The molecular weight excluding hydrogens is 336 g/mol. The summed E-state index contributed by atoms with van der Waals surface area (Å²) in [5, 5.41) is 3.04. The molecule has 0 saturated carbocycles. The predicted molar refractivity (Wildman–Crippen MR) is 81.1 cm³/mol. The van der Waals surface area contributed by atoms with Gasteiger partial charge < -0.3 is 14.6 Å².